The molecule has 5 nitrogen and oxygen atoms in total. The van der Waals surface area contributed by atoms with E-state index in [2.05, 4.69) is 6.92 Å². The van der Waals surface area contributed by atoms with Gasteiger partial charge in [-0.2, -0.15) is 11.8 Å². The maximum atomic E-state index is 12.8. The lowest BCUT2D eigenvalue weighted by Crippen LogP contribution is -2.39. The minimum atomic E-state index is -0.408. The Morgan fingerprint density at radius 3 is 2.55 bits per heavy atom. The van der Waals surface area contributed by atoms with E-state index in [1.54, 1.807) is 4.90 Å². The van der Waals surface area contributed by atoms with Gasteiger partial charge in [-0.25, -0.2) is 4.79 Å². The number of thioether (sulfide) groups is 1. The molecular formula is C16H23N3O2S. The summed E-state index contributed by atoms with van der Waals surface area (Å²) < 4.78 is 0. The van der Waals surface area contributed by atoms with Crippen molar-refractivity contribution in [3.05, 3.63) is 35.4 Å². The molecule has 0 aromatic heterocycles. The largest absolute Gasteiger partial charge is 0.351 e. The van der Waals surface area contributed by atoms with E-state index in [9.17, 15) is 9.59 Å². The lowest BCUT2D eigenvalue weighted by Gasteiger charge is -2.22. The number of carbonyl (C=O) groups is 2. The smallest absolute Gasteiger partial charge is 0.314 e. The molecule has 2 N–H and O–H groups in total. The molecular weight excluding hydrogens is 298 g/mol. The molecule has 1 aromatic rings. The fraction of sp³-hybridized carbons (Fsp3) is 0.500. The van der Waals surface area contributed by atoms with Crippen LogP contribution in [0, 0.1) is 0 Å². The highest BCUT2D eigenvalue weighted by Gasteiger charge is 2.22. The summed E-state index contributed by atoms with van der Waals surface area (Å²) in [5.41, 5.74) is 7.18. The predicted molar refractivity (Wildman–Crippen MR) is 90.0 cm³/mol. The second kappa shape index (κ2) is 8.08. The summed E-state index contributed by atoms with van der Waals surface area (Å²) >= 11 is 1.81. The van der Waals surface area contributed by atoms with E-state index < -0.39 is 6.03 Å². The summed E-state index contributed by atoms with van der Waals surface area (Å²) in [6.45, 7) is 4.44. The van der Waals surface area contributed by atoms with E-state index >= 15 is 0 Å². The number of nitrogens with two attached hydrogens (primary N) is 1. The molecule has 1 heterocycles. The third kappa shape index (κ3) is 4.16. The molecule has 0 radical (unpaired) electrons. The predicted octanol–water partition coefficient (Wildman–Crippen LogP) is 2.17. The molecule has 120 valence electrons. The van der Waals surface area contributed by atoms with Gasteiger partial charge in [0.05, 0.1) is 0 Å². The first-order valence-electron chi connectivity index (χ1n) is 7.62. The first kappa shape index (κ1) is 16.7. The number of amides is 3. The standard InChI is InChI=1S/C16H23N3O2S/c1-2-22-12-13-6-3-4-7-14(13)15(20)18-8-5-9-19(11-10-18)16(17)21/h3-4,6-7H,2,5,8-12H2,1H3,(H2,17,21). The molecule has 3 amide bonds. The van der Waals surface area contributed by atoms with Crippen molar-refractivity contribution in [1.29, 1.82) is 0 Å². The van der Waals surface area contributed by atoms with Crippen molar-refractivity contribution < 1.29 is 9.59 Å². The fourth-order valence-electron chi connectivity index (χ4n) is 2.58. The molecule has 6 heteroatoms. The van der Waals surface area contributed by atoms with Crippen molar-refractivity contribution in [2.75, 3.05) is 31.9 Å². The van der Waals surface area contributed by atoms with Crippen LogP contribution in [0.3, 0.4) is 0 Å². The van der Waals surface area contributed by atoms with Crippen LogP contribution in [0.5, 0.6) is 0 Å². The molecule has 0 atom stereocenters. The number of hydrogen-bond donors (Lipinski definition) is 1. The molecule has 0 spiro atoms. The topological polar surface area (TPSA) is 66.6 Å². The fourth-order valence-corrected chi connectivity index (χ4v) is 3.25. The number of rotatable bonds is 4. The van der Waals surface area contributed by atoms with E-state index in [0.717, 1.165) is 29.1 Å². The van der Waals surface area contributed by atoms with E-state index in [1.165, 1.54) is 0 Å². The summed E-state index contributed by atoms with van der Waals surface area (Å²) in [5, 5.41) is 0. The van der Waals surface area contributed by atoms with Gasteiger partial charge in [0.1, 0.15) is 0 Å². The Hall–Kier alpha value is -1.69. The average Bonchev–Trinajstić information content (AvgIpc) is 2.78. The van der Waals surface area contributed by atoms with Crippen LogP contribution in [-0.2, 0) is 5.75 Å². The van der Waals surface area contributed by atoms with Crippen molar-refractivity contribution in [3.63, 3.8) is 0 Å². The zero-order chi connectivity index (χ0) is 15.9. The van der Waals surface area contributed by atoms with E-state index in [-0.39, 0.29) is 5.91 Å². The molecule has 1 aliphatic rings. The van der Waals surface area contributed by atoms with Gasteiger partial charge < -0.3 is 15.5 Å². The Morgan fingerprint density at radius 1 is 1.14 bits per heavy atom. The van der Waals surface area contributed by atoms with E-state index in [0.29, 0.717) is 26.2 Å². The summed E-state index contributed by atoms with van der Waals surface area (Å²) in [4.78, 5) is 27.5. The minimum absolute atomic E-state index is 0.0543. The molecule has 0 aliphatic carbocycles. The normalized spacial score (nSPS) is 15.5. The van der Waals surface area contributed by atoms with Crippen LogP contribution in [-0.4, -0.2) is 53.7 Å². The van der Waals surface area contributed by atoms with Crippen LogP contribution in [0.2, 0.25) is 0 Å². The van der Waals surface area contributed by atoms with Crippen LogP contribution < -0.4 is 5.73 Å². The molecule has 0 saturated carbocycles. The van der Waals surface area contributed by atoms with Crippen molar-refractivity contribution >= 4 is 23.7 Å². The number of primary amides is 1. The van der Waals surface area contributed by atoms with Gasteiger partial charge in [-0.3, -0.25) is 4.79 Å². The quantitative estimate of drug-likeness (QED) is 0.924. The number of nitrogens with zero attached hydrogens (tertiary/aromatic N) is 2. The molecule has 0 unspecified atom stereocenters. The number of urea groups is 1. The van der Waals surface area contributed by atoms with Crippen LogP contribution >= 0.6 is 11.8 Å². The van der Waals surface area contributed by atoms with Crippen molar-refractivity contribution in [3.8, 4) is 0 Å². The van der Waals surface area contributed by atoms with Gasteiger partial charge in [-0.15, -0.1) is 0 Å². The first-order chi connectivity index (χ1) is 10.6. The van der Waals surface area contributed by atoms with Gasteiger partial charge in [-0.1, -0.05) is 25.1 Å². The monoisotopic (exact) mass is 321 g/mol. The maximum Gasteiger partial charge on any atom is 0.314 e. The molecule has 2 rings (SSSR count). The Bertz CT molecular complexity index is 536. The molecule has 1 aromatic carbocycles. The van der Waals surface area contributed by atoms with Gasteiger partial charge in [0.2, 0.25) is 0 Å². The summed E-state index contributed by atoms with van der Waals surface area (Å²) in [5.74, 6) is 1.93. The molecule has 1 saturated heterocycles. The molecule has 1 fully saturated rings. The van der Waals surface area contributed by atoms with Crippen LogP contribution in [0.15, 0.2) is 24.3 Å². The average molecular weight is 321 g/mol. The number of benzene rings is 1. The highest BCUT2D eigenvalue weighted by Crippen LogP contribution is 2.19. The van der Waals surface area contributed by atoms with Crippen LogP contribution in [0.4, 0.5) is 4.79 Å². The van der Waals surface area contributed by atoms with Crippen molar-refractivity contribution in [1.82, 2.24) is 9.80 Å². The Morgan fingerprint density at radius 2 is 1.82 bits per heavy atom. The maximum absolute atomic E-state index is 12.8. The highest BCUT2D eigenvalue weighted by atomic mass is 32.2. The zero-order valence-corrected chi connectivity index (χ0v) is 13.8. The third-order valence-electron chi connectivity index (χ3n) is 3.80. The molecule has 0 bridgehead atoms. The Kier molecular flexibility index (Phi) is 6.12. The van der Waals surface area contributed by atoms with Crippen LogP contribution in [0.25, 0.3) is 0 Å². The summed E-state index contributed by atoms with van der Waals surface area (Å²) in [6.07, 6.45) is 0.764. The Labute approximate surface area is 135 Å². The highest BCUT2D eigenvalue weighted by molar-refractivity contribution is 7.98. The van der Waals surface area contributed by atoms with Crippen molar-refractivity contribution in [2.45, 2.75) is 19.1 Å². The molecule has 1 aliphatic heterocycles. The molecule has 22 heavy (non-hydrogen) atoms. The zero-order valence-electron chi connectivity index (χ0n) is 13.0. The SMILES string of the molecule is CCSCc1ccccc1C(=O)N1CCCN(C(N)=O)CC1. The lowest BCUT2D eigenvalue weighted by atomic mass is 10.1. The summed E-state index contributed by atoms with van der Waals surface area (Å²) in [7, 11) is 0. The second-order valence-electron chi connectivity index (χ2n) is 5.27. The first-order valence-corrected chi connectivity index (χ1v) is 8.78. The lowest BCUT2D eigenvalue weighted by molar-refractivity contribution is 0.0761. The number of carbonyl (C=O) groups excluding carboxylic acids is 2. The van der Waals surface area contributed by atoms with Gasteiger partial charge >= 0.3 is 6.03 Å². The van der Waals surface area contributed by atoms with E-state index in [1.807, 2.05) is 40.9 Å². The van der Waals surface area contributed by atoms with Crippen molar-refractivity contribution in [2.24, 2.45) is 5.73 Å². The number of hydrogen-bond acceptors (Lipinski definition) is 3. The van der Waals surface area contributed by atoms with Gasteiger partial charge in [0.15, 0.2) is 0 Å². The second-order valence-corrected chi connectivity index (χ2v) is 6.54. The summed E-state index contributed by atoms with van der Waals surface area (Å²) in [6, 6.07) is 7.38. The van der Waals surface area contributed by atoms with Gasteiger partial charge in [-0.05, 0) is 23.8 Å². The third-order valence-corrected chi connectivity index (χ3v) is 4.73. The Balaban J connectivity index is 2.09. The van der Waals surface area contributed by atoms with Gasteiger partial charge in [0, 0.05) is 37.5 Å². The van der Waals surface area contributed by atoms with Crippen LogP contribution in [0.1, 0.15) is 29.3 Å². The van der Waals surface area contributed by atoms with E-state index in [4.69, 9.17) is 5.73 Å². The minimum Gasteiger partial charge on any atom is -0.351 e. The van der Waals surface area contributed by atoms with Gasteiger partial charge in [0.25, 0.3) is 5.91 Å².